The van der Waals surface area contributed by atoms with Crippen LogP contribution in [0.5, 0.6) is 0 Å². The van der Waals surface area contributed by atoms with Gasteiger partial charge in [0.25, 0.3) is 0 Å². The predicted molar refractivity (Wildman–Crippen MR) is 84.2 cm³/mol. The zero-order chi connectivity index (χ0) is 14.7. The van der Waals surface area contributed by atoms with Gasteiger partial charge in [-0.15, -0.1) is 0 Å². The Bertz CT molecular complexity index is 467. The number of nitrogens with zero attached hydrogens (tertiary/aromatic N) is 2. The molecule has 6 nitrogen and oxygen atoms in total. The fraction of sp³-hybridized carbons (Fsp3) is 0.733. The van der Waals surface area contributed by atoms with Crippen molar-refractivity contribution in [2.24, 2.45) is 0 Å². The monoisotopic (exact) mass is 291 g/mol. The molecule has 0 amide bonds. The molecule has 1 aromatic heterocycles. The van der Waals surface area contributed by atoms with Gasteiger partial charge in [0.1, 0.15) is 0 Å². The molecule has 1 heterocycles. The summed E-state index contributed by atoms with van der Waals surface area (Å²) in [5.41, 5.74) is 6.57. The van der Waals surface area contributed by atoms with Gasteiger partial charge in [-0.1, -0.05) is 12.8 Å². The minimum Gasteiger partial charge on any atom is -0.394 e. The average Bonchev–Trinajstić information content (AvgIpc) is 2.98. The Kier molecular flexibility index (Phi) is 4.43. The van der Waals surface area contributed by atoms with Crippen LogP contribution in [-0.4, -0.2) is 33.3 Å². The summed E-state index contributed by atoms with van der Waals surface area (Å²) in [5.74, 6) is 1.38. The lowest BCUT2D eigenvalue weighted by molar-refractivity contribution is 0.126. The van der Waals surface area contributed by atoms with Gasteiger partial charge in [-0.2, -0.15) is 4.98 Å². The lowest BCUT2D eigenvalue weighted by atomic mass is 9.93. The van der Waals surface area contributed by atoms with E-state index in [1.807, 2.05) is 0 Å². The first kappa shape index (κ1) is 14.4. The van der Waals surface area contributed by atoms with Gasteiger partial charge in [0.15, 0.2) is 5.82 Å². The third-order valence-electron chi connectivity index (χ3n) is 4.54. The first-order chi connectivity index (χ1) is 10.2. The van der Waals surface area contributed by atoms with Crippen LogP contribution in [0.25, 0.3) is 0 Å². The summed E-state index contributed by atoms with van der Waals surface area (Å²) in [6.07, 6.45) is 10.1. The number of nitrogens with two attached hydrogens (primary N) is 1. The minimum atomic E-state index is -0.144. The van der Waals surface area contributed by atoms with Crippen LogP contribution >= 0.6 is 0 Å². The van der Waals surface area contributed by atoms with E-state index < -0.39 is 0 Å². The summed E-state index contributed by atoms with van der Waals surface area (Å²) in [5, 5.41) is 16.4. The summed E-state index contributed by atoms with van der Waals surface area (Å²) in [4.78, 5) is 8.80. The lowest BCUT2D eigenvalue weighted by Crippen LogP contribution is -2.29. The molecular weight excluding hydrogens is 266 g/mol. The van der Waals surface area contributed by atoms with Crippen LogP contribution in [0.2, 0.25) is 0 Å². The van der Waals surface area contributed by atoms with Crippen molar-refractivity contribution in [1.29, 1.82) is 0 Å². The average molecular weight is 291 g/mol. The first-order valence-electron chi connectivity index (χ1n) is 8.04. The second kappa shape index (κ2) is 6.47. The number of rotatable bonds is 4. The molecule has 0 atom stereocenters. The molecule has 3 rings (SSSR count). The highest BCUT2D eigenvalue weighted by Crippen LogP contribution is 2.26. The van der Waals surface area contributed by atoms with Crippen LogP contribution in [0.15, 0.2) is 6.20 Å². The second-order valence-corrected chi connectivity index (χ2v) is 6.27. The smallest absolute Gasteiger partial charge is 0.224 e. The fourth-order valence-electron chi connectivity index (χ4n) is 3.24. The van der Waals surface area contributed by atoms with E-state index in [1.54, 1.807) is 6.20 Å². The van der Waals surface area contributed by atoms with Crippen molar-refractivity contribution in [3.8, 4) is 0 Å². The Morgan fingerprint density at radius 1 is 1.00 bits per heavy atom. The van der Waals surface area contributed by atoms with E-state index in [1.165, 1.54) is 25.7 Å². The zero-order valence-electron chi connectivity index (χ0n) is 12.4. The minimum absolute atomic E-state index is 0.144. The molecule has 6 heteroatoms. The summed E-state index contributed by atoms with van der Waals surface area (Å²) in [6, 6.07) is 0.830. The van der Waals surface area contributed by atoms with E-state index in [2.05, 4.69) is 20.6 Å². The van der Waals surface area contributed by atoms with Gasteiger partial charge >= 0.3 is 0 Å². The molecular formula is C15H25N5O. The molecule has 116 valence electrons. The van der Waals surface area contributed by atoms with Gasteiger partial charge in [0.2, 0.25) is 5.95 Å². The summed E-state index contributed by atoms with van der Waals surface area (Å²) >= 11 is 0. The van der Waals surface area contributed by atoms with Crippen LogP contribution in [-0.2, 0) is 0 Å². The SMILES string of the molecule is Nc1cnc(N[C@H]2CC[C@H](O)CC2)nc1NC1CCCC1. The molecule has 0 bridgehead atoms. The van der Waals surface area contributed by atoms with Gasteiger partial charge in [0.05, 0.1) is 18.0 Å². The van der Waals surface area contributed by atoms with Crippen LogP contribution in [0.4, 0.5) is 17.5 Å². The highest BCUT2D eigenvalue weighted by molar-refractivity contribution is 5.62. The van der Waals surface area contributed by atoms with Gasteiger partial charge < -0.3 is 21.5 Å². The van der Waals surface area contributed by atoms with Crippen molar-refractivity contribution in [3.05, 3.63) is 6.20 Å². The molecule has 5 N–H and O–H groups in total. The van der Waals surface area contributed by atoms with Gasteiger partial charge in [-0.05, 0) is 38.5 Å². The Morgan fingerprint density at radius 3 is 2.38 bits per heavy atom. The summed E-state index contributed by atoms with van der Waals surface area (Å²) in [7, 11) is 0. The van der Waals surface area contributed by atoms with Crippen molar-refractivity contribution in [2.75, 3.05) is 16.4 Å². The molecule has 2 aliphatic carbocycles. The number of nitrogen functional groups attached to an aromatic ring is 1. The van der Waals surface area contributed by atoms with E-state index in [9.17, 15) is 5.11 Å². The molecule has 1 aromatic rings. The predicted octanol–water partition coefficient (Wildman–Crippen LogP) is 2.13. The van der Waals surface area contributed by atoms with Gasteiger partial charge in [0, 0.05) is 12.1 Å². The number of aliphatic hydroxyl groups excluding tert-OH is 1. The molecule has 0 saturated heterocycles. The van der Waals surface area contributed by atoms with Crippen LogP contribution in [0, 0.1) is 0 Å². The number of hydrogen-bond acceptors (Lipinski definition) is 6. The van der Waals surface area contributed by atoms with E-state index in [0.717, 1.165) is 31.5 Å². The molecule has 2 fully saturated rings. The topological polar surface area (TPSA) is 96.1 Å². The van der Waals surface area contributed by atoms with Gasteiger partial charge in [-0.3, -0.25) is 0 Å². The maximum atomic E-state index is 9.55. The first-order valence-corrected chi connectivity index (χ1v) is 8.04. The van der Waals surface area contributed by atoms with Crippen molar-refractivity contribution < 1.29 is 5.11 Å². The number of aromatic nitrogens is 2. The molecule has 0 radical (unpaired) electrons. The zero-order valence-corrected chi connectivity index (χ0v) is 12.4. The number of anilines is 3. The van der Waals surface area contributed by atoms with Crippen molar-refractivity contribution >= 4 is 17.5 Å². The Hall–Kier alpha value is -1.56. The lowest BCUT2D eigenvalue weighted by Gasteiger charge is -2.26. The van der Waals surface area contributed by atoms with E-state index >= 15 is 0 Å². The third-order valence-corrected chi connectivity index (χ3v) is 4.54. The van der Waals surface area contributed by atoms with E-state index in [4.69, 9.17) is 5.73 Å². The Labute approximate surface area is 125 Å². The molecule has 0 spiro atoms. The molecule has 0 aromatic carbocycles. The number of aliphatic hydroxyl groups is 1. The molecule has 0 aliphatic heterocycles. The quantitative estimate of drug-likeness (QED) is 0.678. The van der Waals surface area contributed by atoms with Gasteiger partial charge in [-0.25, -0.2) is 4.98 Å². The fourth-order valence-corrected chi connectivity index (χ4v) is 3.24. The Balaban J connectivity index is 1.62. The number of nitrogens with one attached hydrogen (secondary N) is 2. The molecule has 0 unspecified atom stereocenters. The summed E-state index contributed by atoms with van der Waals surface area (Å²) < 4.78 is 0. The maximum Gasteiger partial charge on any atom is 0.224 e. The third kappa shape index (κ3) is 3.75. The maximum absolute atomic E-state index is 9.55. The largest absolute Gasteiger partial charge is 0.394 e. The molecule has 2 saturated carbocycles. The summed E-state index contributed by atoms with van der Waals surface area (Å²) in [6.45, 7) is 0. The standard InChI is InChI=1S/C15H25N5O/c16-13-9-17-15(19-11-5-7-12(21)8-6-11)20-14(13)18-10-3-1-2-4-10/h9-12,21H,1-8,16H2,(H2,17,18,19,20)/t11-,12-. The highest BCUT2D eigenvalue weighted by atomic mass is 16.3. The molecule has 21 heavy (non-hydrogen) atoms. The van der Waals surface area contributed by atoms with Crippen LogP contribution in [0.3, 0.4) is 0 Å². The van der Waals surface area contributed by atoms with Crippen molar-refractivity contribution in [1.82, 2.24) is 9.97 Å². The highest BCUT2D eigenvalue weighted by Gasteiger charge is 2.21. The molecule has 2 aliphatic rings. The van der Waals surface area contributed by atoms with Crippen molar-refractivity contribution in [3.63, 3.8) is 0 Å². The second-order valence-electron chi connectivity index (χ2n) is 6.27. The normalized spacial score (nSPS) is 26.7. The van der Waals surface area contributed by atoms with Crippen molar-refractivity contribution in [2.45, 2.75) is 69.6 Å². The van der Waals surface area contributed by atoms with Crippen LogP contribution in [0.1, 0.15) is 51.4 Å². The van der Waals surface area contributed by atoms with Crippen LogP contribution < -0.4 is 16.4 Å². The van der Waals surface area contributed by atoms with E-state index in [-0.39, 0.29) is 6.10 Å². The van der Waals surface area contributed by atoms with E-state index in [0.29, 0.717) is 23.7 Å². The number of hydrogen-bond donors (Lipinski definition) is 4. The Morgan fingerprint density at radius 2 is 1.67 bits per heavy atom.